The molecule has 0 saturated heterocycles. The Morgan fingerprint density at radius 3 is 1.59 bits per heavy atom. The first kappa shape index (κ1) is 35.0. The number of benzene rings is 11. The highest BCUT2D eigenvalue weighted by molar-refractivity contribution is 6.26. The molecule has 2 heteroatoms. The first-order valence-corrected chi connectivity index (χ1v) is 21.1. The fourth-order valence-corrected chi connectivity index (χ4v) is 9.86. The number of fused-ring (bicyclic) bond motifs is 11. The van der Waals surface area contributed by atoms with E-state index in [1.54, 1.807) is 0 Å². The van der Waals surface area contributed by atoms with Crippen LogP contribution in [0.15, 0.2) is 224 Å². The van der Waals surface area contributed by atoms with E-state index in [1.165, 1.54) is 98.4 Å². The van der Waals surface area contributed by atoms with Gasteiger partial charge in [-0.1, -0.05) is 176 Å². The summed E-state index contributed by atoms with van der Waals surface area (Å²) in [5, 5.41) is 12.6. The molecule has 286 valence electrons. The van der Waals surface area contributed by atoms with Crippen molar-refractivity contribution in [2.24, 2.45) is 0 Å². The lowest BCUT2D eigenvalue weighted by Crippen LogP contribution is -2.12. The zero-order chi connectivity index (χ0) is 40.4. The molecule has 0 aliphatic rings. The summed E-state index contributed by atoms with van der Waals surface area (Å²) in [4.78, 5) is 2.47. The van der Waals surface area contributed by atoms with Gasteiger partial charge in [0.25, 0.3) is 0 Å². The summed E-state index contributed by atoms with van der Waals surface area (Å²) in [6.07, 6.45) is 0. The first-order chi connectivity index (χ1) is 30.2. The van der Waals surface area contributed by atoms with Crippen LogP contribution in [0.1, 0.15) is 5.56 Å². The van der Waals surface area contributed by atoms with Crippen molar-refractivity contribution in [3.05, 3.63) is 230 Å². The number of nitrogens with zero attached hydrogens (tertiary/aromatic N) is 2. The Bertz CT molecular complexity index is 3620. The Kier molecular flexibility index (Phi) is 8.11. The van der Waals surface area contributed by atoms with Gasteiger partial charge in [0.15, 0.2) is 0 Å². The van der Waals surface area contributed by atoms with Crippen LogP contribution < -0.4 is 4.90 Å². The van der Waals surface area contributed by atoms with E-state index < -0.39 is 0 Å². The molecular weight excluding hydrogens is 737 g/mol. The van der Waals surface area contributed by atoms with Gasteiger partial charge >= 0.3 is 0 Å². The van der Waals surface area contributed by atoms with Gasteiger partial charge in [-0.15, -0.1) is 0 Å². The maximum atomic E-state index is 2.48. The molecule has 0 radical (unpaired) electrons. The lowest BCUT2D eigenvalue weighted by atomic mass is 9.93. The number of hydrogen-bond donors (Lipinski definition) is 0. The van der Waals surface area contributed by atoms with Crippen LogP contribution in [-0.4, -0.2) is 4.57 Å². The van der Waals surface area contributed by atoms with Gasteiger partial charge in [-0.25, -0.2) is 0 Å². The van der Waals surface area contributed by atoms with E-state index in [1.807, 2.05) is 0 Å². The molecule has 0 N–H and O–H groups in total. The lowest BCUT2D eigenvalue weighted by molar-refractivity contribution is 1.15. The van der Waals surface area contributed by atoms with Crippen LogP contribution in [0.4, 0.5) is 17.1 Å². The molecular formula is C59H40N2. The molecule has 0 atom stereocenters. The van der Waals surface area contributed by atoms with Crippen LogP contribution in [-0.2, 0) is 0 Å². The molecule has 11 aromatic carbocycles. The summed E-state index contributed by atoms with van der Waals surface area (Å²) in [5.74, 6) is 0. The SMILES string of the molecule is Cc1cc(N(c2ccc3c4ccccc4c4ccccc4c3c2)c2ccc(-c3ccccc3)cc2-c2ccccc2)ccc1-n1c2ccccc2c2ccc3ccccc3c21. The summed E-state index contributed by atoms with van der Waals surface area (Å²) in [7, 11) is 0. The van der Waals surface area contributed by atoms with Crippen molar-refractivity contribution >= 4 is 82.0 Å². The second-order valence-corrected chi connectivity index (χ2v) is 16.1. The van der Waals surface area contributed by atoms with E-state index in [4.69, 9.17) is 0 Å². The highest BCUT2D eigenvalue weighted by Crippen LogP contribution is 2.46. The predicted octanol–water partition coefficient (Wildman–Crippen LogP) is 16.5. The summed E-state index contributed by atoms with van der Waals surface area (Å²) in [6.45, 7) is 2.26. The Morgan fingerprint density at radius 2 is 0.885 bits per heavy atom. The highest BCUT2D eigenvalue weighted by atomic mass is 15.1. The fraction of sp³-hybridized carbons (Fsp3) is 0.0169. The highest BCUT2D eigenvalue weighted by Gasteiger charge is 2.22. The molecule has 0 aliphatic heterocycles. The van der Waals surface area contributed by atoms with Crippen molar-refractivity contribution in [2.75, 3.05) is 4.90 Å². The van der Waals surface area contributed by atoms with Crippen LogP contribution in [0.2, 0.25) is 0 Å². The second kappa shape index (κ2) is 14.1. The monoisotopic (exact) mass is 776 g/mol. The van der Waals surface area contributed by atoms with E-state index in [-0.39, 0.29) is 0 Å². The smallest absolute Gasteiger partial charge is 0.0619 e. The van der Waals surface area contributed by atoms with Crippen LogP contribution in [0.5, 0.6) is 0 Å². The van der Waals surface area contributed by atoms with Crippen LogP contribution in [0, 0.1) is 6.92 Å². The molecule has 0 fully saturated rings. The van der Waals surface area contributed by atoms with E-state index in [2.05, 4.69) is 241 Å². The molecule has 61 heavy (non-hydrogen) atoms. The predicted molar refractivity (Wildman–Crippen MR) is 261 cm³/mol. The largest absolute Gasteiger partial charge is 0.310 e. The summed E-state index contributed by atoms with van der Waals surface area (Å²) in [6, 6.07) is 82.4. The number of aromatic nitrogens is 1. The zero-order valence-electron chi connectivity index (χ0n) is 33.8. The maximum absolute atomic E-state index is 2.48. The number of para-hydroxylation sites is 1. The number of anilines is 3. The van der Waals surface area contributed by atoms with Crippen molar-refractivity contribution in [3.8, 4) is 27.9 Å². The molecule has 0 spiro atoms. The van der Waals surface area contributed by atoms with Gasteiger partial charge in [-0.2, -0.15) is 0 Å². The molecule has 0 unspecified atom stereocenters. The standard InChI is InChI=1S/C59H40N2/c1-39-36-44(31-35-56(39)61-57-27-15-14-26-52(57)53-32-28-42-20-8-9-21-46(42)59(53)61)60(58-34-29-43(40-16-4-2-5-17-40)37-54(58)41-18-6-3-7-19-41)45-30-33-51-49-24-11-10-22-47(49)48-23-12-13-25-50(48)55(51)38-45/h2-38H,1H3. The van der Waals surface area contributed by atoms with Crippen molar-refractivity contribution in [1.29, 1.82) is 0 Å². The molecule has 12 rings (SSSR count). The Labute approximate surface area is 354 Å². The normalized spacial score (nSPS) is 11.7. The average Bonchev–Trinajstić information content (AvgIpc) is 3.67. The minimum absolute atomic E-state index is 1.10. The van der Waals surface area contributed by atoms with Crippen molar-refractivity contribution in [1.82, 2.24) is 4.57 Å². The van der Waals surface area contributed by atoms with Crippen molar-refractivity contribution in [3.63, 3.8) is 0 Å². The van der Waals surface area contributed by atoms with Gasteiger partial charge in [0.05, 0.1) is 16.7 Å². The molecule has 1 heterocycles. The Balaban J connectivity index is 1.13. The van der Waals surface area contributed by atoms with E-state index >= 15 is 0 Å². The van der Waals surface area contributed by atoms with Crippen LogP contribution in [0.3, 0.4) is 0 Å². The van der Waals surface area contributed by atoms with Gasteiger partial charge in [-0.3, -0.25) is 0 Å². The Hall–Kier alpha value is -7.94. The third-order valence-electron chi connectivity index (χ3n) is 12.7. The van der Waals surface area contributed by atoms with Crippen LogP contribution in [0.25, 0.3) is 92.8 Å². The molecule has 0 amide bonds. The number of rotatable bonds is 6. The van der Waals surface area contributed by atoms with Gasteiger partial charge in [0.1, 0.15) is 0 Å². The van der Waals surface area contributed by atoms with Crippen LogP contribution >= 0.6 is 0 Å². The first-order valence-electron chi connectivity index (χ1n) is 21.1. The molecule has 1 aromatic heterocycles. The molecule has 0 aliphatic carbocycles. The van der Waals surface area contributed by atoms with Gasteiger partial charge in [0, 0.05) is 38.8 Å². The second-order valence-electron chi connectivity index (χ2n) is 16.1. The minimum atomic E-state index is 1.10. The van der Waals surface area contributed by atoms with Crippen molar-refractivity contribution in [2.45, 2.75) is 6.92 Å². The topological polar surface area (TPSA) is 8.17 Å². The van der Waals surface area contributed by atoms with Gasteiger partial charge in [0.2, 0.25) is 0 Å². The number of aryl methyl sites for hydroxylation is 1. The van der Waals surface area contributed by atoms with E-state index in [0.29, 0.717) is 0 Å². The number of hydrogen-bond acceptors (Lipinski definition) is 1. The molecule has 0 saturated carbocycles. The van der Waals surface area contributed by atoms with E-state index in [0.717, 1.165) is 17.1 Å². The van der Waals surface area contributed by atoms with E-state index in [9.17, 15) is 0 Å². The molecule has 12 aromatic rings. The van der Waals surface area contributed by atoms with Gasteiger partial charge in [-0.05, 0) is 115 Å². The molecule has 2 nitrogen and oxygen atoms in total. The lowest BCUT2D eigenvalue weighted by Gasteiger charge is -2.29. The minimum Gasteiger partial charge on any atom is -0.310 e. The molecule has 0 bridgehead atoms. The average molecular weight is 777 g/mol. The third-order valence-corrected chi connectivity index (χ3v) is 12.7. The fourth-order valence-electron chi connectivity index (χ4n) is 9.86. The zero-order valence-corrected chi connectivity index (χ0v) is 33.8. The summed E-state index contributed by atoms with van der Waals surface area (Å²) < 4.78 is 2.48. The van der Waals surface area contributed by atoms with Crippen molar-refractivity contribution < 1.29 is 0 Å². The third kappa shape index (κ3) is 5.64. The summed E-state index contributed by atoms with van der Waals surface area (Å²) in [5.41, 5.74) is 12.8. The Morgan fingerprint density at radius 1 is 0.344 bits per heavy atom. The quantitative estimate of drug-likeness (QED) is 0.153. The summed E-state index contributed by atoms with van der Waals surface area (Å²) >= 11 is 0. The maximum Gasteiger partial charge on any atom is 0.0619 e. The van der Waals surface area contributed by atoms with Gasteiger partial charge < -0.3 is 9.47 Å².